The van der Waals surface area contributed by atoms with E-state index >= 15 is 0 Å². The first kappa shape index (κ1) is 9.84. The van der Waals surface area contributed by atoms with Crippen LogP contribution in [0.25, 0.3) is 0 Å². The van der Waals surface area contributed by atoms with Crippen molar-refractivity contribution in [2.24, 2.45) is 0 Å². The molecule has 0 aliphatic heterocycles. The van der Waals surface area contributed by atoms with E-state index < -0.39 is 0 Å². The molecule has 3 N–H and O–H groups in total. The topological polar surface area (TPSA) is 38.0 Å². The van der Waals surface area contributed by atoms with Crippen LogP contribution >= 0.6 is 0 Å². The Morgan fingerprint density at radius 1 is 1.23 bits per heavy atom. The van der Waals surface area contributed by atoms with Crippen LogP contribution in [0, 0.1) is 5.82 Å². The lowest BCUT2D eigenvalue weighted by molar-refractivity contribution is 0.619. The maximum atomic E-state index is 12.9. The van der Waals surface area contributed by atoms with Crippen molar-refractivity contribution in [3.05, 3.63) is 24.0 Å². The van der Waals surface area contributed by atoms with Crippen LogP contribution in [0.2, 0.25) is 0 Å². The number of nitrogen functional groups attached to an aromatic ring is 1. The monoisotopic (exact) mass is 182 g/mol. The summed E-state index contributed by atoms with van der Waals surface area (Å²) in [6.45, 7) is 6.02. The first-order valence-corrected chi connectivity index (χ1v) is 4.21. The van der Waals surface area contributed by atoms with E-state index in [4.69, 9.17) is 5.73 Å². The molecule has 0 saturated carbocycles. The van der Waals surface area contributed by atoms with Gasteiger partial charge in [0.25, 0.3) is 0 Å². The highest BCUT2D eigenvalue weighted by Gasteiger charge is 2.09. The molecule has 1 rings (SSSR count). The number of benzene rings is 1. The van der Waals surface area contributed by atoms with Crippen molar-refractivity contribution >= 4 is 11.4 Å². The fourth-order valence-electron chi connectivity index (χ4n) is 1.12. The van der Waals surface area contributed by atoms with Gasteiger partial charge in [0.1, 0.15) is 5.82 Å². The number of nitrogens with one attached hydrogen (secondary N) is 1. The molecule has 0 aliphatic carbocycles. The Labute approximate surface area is 77.9 Å². The summed E-state index contributed by atoms with van der Waals surface area (Å²) in [6.07, 6.45) is 0. The maximum Gasteiger partial charge on any atom is 0.127 e. The number of halogens is 1. The van der Waals surface area contributed by atoms with Gasteiger partial charge < -0.3 is 11.1 Å². The molecule has 0 aromatic heterocycles. The Morgan fingerprint density at radius 2 is 1.85 bits per heavy atom. The van der Waals surface area contributed by atoms with Gasteiger partial charge >= 0.3 is 0 Å². The van der Waals surface area contributed by atoms with Crippen molar-refractivity contribution in [2.75, 3.05) is 11.1 Å². The SMILES string of the molecule is CC(C)(C)Nc1cc(N)cc(F)c1. The number of hydrogen-bond acceptors (Lipinski definition) is 2. The quantitative estimate of drug-likeness (QED) is 0.655. The minimum atomic E-state index is -0.313. The molecule has 1 aromatic carbocycles. The molecule has 0 radical (unpaired) electrons. The van der Waals surface area contributed by atoms with Gasteiger partial charge in [0, 0.05) is 16.9 Å². The van der Waals surface area contributed by atoms with Crippen LogP contribution in [0.15, 0.2) is 18.2 Å². The van der Waals surface area contributed by atoms with Gasteiger partial charge in [-0.05, 0) is 39.0 Å². The Morgan fingerprint density at radius 3 is 2.31 bits per heavy atom. The fourth-order valence-corrected chi connectivity index (χ4v) is 1.12. The number of rotatable bonds is 1. The van der Waals surface area contributed by atoms with Crippen LogP contribution < -0.4 is 11.1 Å². The molecule has 0 spiro atoms. The summed E-state index contributed by atoms with van der Waals surface area (Å²) >= 11 is 0. The minimum Gasteiger partial charge on any atom is -0.399 e. The van der Waals surface area contributed by atoms with Crippen molar-refractivity contribution < 1.29 is 4.39 Å². The highest BCUT2D eigenvalue weighted by Crippen LogP contribution is 2.19. The predicted octanol–water partition coefficient (Wildman–Crippen LogP) is 2.62. The summed E-state index contributed by atoms with van der Waals surface area (Å²) in [6, 6.07) is 4.45. The molecule has 2 nitrogen and oxygen atoms in total. The fraction of sp³-hybridized carbons (Fsp3) is 0.400. The van der Waals surface area contributed by atoms with Crippen LogP contribution in [-0.2, 0) is 0 Å². The van der Waals surface area contributed by atoms with Gasteiger partial charge in [0.05, 0.1) is 0 Å². The third-order valence-corrected chi connectivity index (χ3v) is 1.44. The summed E-state index contributed by atoms with van der Waals surface area (Å²) in [4.78, 5) is 0. The zero-order valence-corrected chi connectivity index (χ0v) is 8.19. The first-order valence-electron chi connectivity index (χ1n) is 4.21. The summed E-state index contributed by atoms with van der Waals surface area (Å²) in [5.74, 6) is -0.313. The molecular formula is C10H15FN2. The van der Waals surface area contributed by atoms with Crippen LogP contribution in [0.3, 0.4) is 0 Å². The molecule has 0 unspecified atom stereocenters. The second-order valence-corrected chi connectivity index (χ2v) is 4.15. The zero-order valence-electron chi connectivity index (χ0n) is 8.19. The zero-order chi connectivity index (χ0) is 10.1. The summed E-state index contributed by atoms with van der Waals surface area (Å²) in [5.41, 5.74) is 6.56. The standard InChI is InChI=1S/C10H15FN2/c1-10(2,3)13-9-5-7(11)4-8(12)6-9/h4-6,13H,12H2,1-3H3. The second kappa shape index (κ2) is 3.24. The molecule has 3 heteroatoms. The van der Waals surface area contributed by atoms with Crippen LogP contribution in [0.5, 0.6) is 0 Å². The summed E-state index contributed by atoms with van der Waals surface area (Å²) in [7, 11) is 0. The average molecular weight is 182 g/mol. The molecule has 1 aromatic rings. The van der Waals surface area contributed by atoms with Crippen molar-refractivity contribution in [3.8, 4) is 0 Å². The highest BCUT2D eigenvalue weighted by molar-refractivity contribution is 5.55. The van der Waals surface area contributed by atoms with Crippen molar-refractivity contribution in [2.45, 2.75) is 26.3 Å². The third kappa shape index (κ3) is 3.32. The Balaban J connectivity index is 2.90. The molecule has 13 heavy (non-hydrogen) atoms. The van der Waals surface area contributed by atoms with E-state index in [0.717, 1.165) is 0 Å². The van der Waals surface area contributed by atoms with Gasteiger partial charge in [0.2, 0.25) is 0 Å². The molecule has 0 saturated heterocycles. The van der Waals surface area contributed by atoms with E-state index in [1.165, 1.54) is 12.1 Å². The summed E-state index contributed by atoms with van der Waals surface area (Å²) < 4.78 is 12.9. The largest absolute Gasteiger partial charge is 0.399 e. The molecule has 0 fully saturated rings. The Kier molecular flexibility index (Phi) is 2.45. The lowest BCUT2D eigenvalue weighted by atomic mass is 10.1. The molecule has 0 atom stereocenters. The number of hydrogen-bond donors (Lipinski definition) is 2. The molecule has 0 aliphatic rings. The van der Waals surface area contributed by atoms with Gasteiger partial charge in [-0.3, -0.25) is 0 Å². The van der Waals surface area contributed by atoms with E-state index in [2.05, 4.69) is 5.32 Å². The minimum absolute atomic E-state index is 0.0831. The molecule has 0 heterocycles. The molecule has 0 amide bonds. The normalized spacial score (nSPS) is 11.4. The van der Waals surface area contributed by atoms with Crippen LogP contribution in [0.4, 0.5) is 15.8 Å². The van der Waals surface area contributed by atoms with Crippen molar-refractivity contribution in [1.29, 1.82) is 0 Å². The number of nitrogens with two attached hydrogens (primary N) is 1. The van der Waals surface area contributed by atoms with Gasteiger partial charge in [-0.25, -0.2) is 4.39 Å². The van der Waals surface area contributed by atoms with Gasteiger partial charge in [0.15, 0.2) is 0 Å². The molecular weight excluding hydrogens is 167 g/mol. The maximum absolute atomic E-state index is 12.9. The van der Waals surface area contributed by atoms with E-state index in [1.54, 1.807) is 6.07 Å². The first-order chi connectivity index (χ1) is 5.87. The Hall–Kier alpha value is -1.25. The Bertz CT molecular complexity index is 282. The average Bonchev–Trinajstić information content (AvgIpc) is 1.78. The van der Waals surface area contributed by atoms with Crippen LogP contribution in [0.1, 0.15) is 20.8 Å². The van der Waals surface area contributed by atoms with E-state index in [1.807, 2.05) is 20.8 Å². The third-order valence-electron chi connectivity index (χ3n) is 1.44. The van der Waals surface area contributed by atoms with E-state index in [9.17, 15) is 4.39 Å². The lowest BCUT2D eigenvalue weighted by Crippen LogP contribution is -2.26. The van der Waals surface area contributed by atoms with E-state index in [0.29, 0.717) is 11.4 Å². The second-order valence-electron chi connectivity index (χ2n) is 4.15. The van der Waals surface area contributed by atoms with Gasteiger partial charge in [-0.15, -0.1) is 0 Å². The van der Waals surface area contributed by atoms with Gasteiger partial charge in [-0.2, -0.15) is 0 Å². The van der Waals surface area contributed by atoms with E-state index in [-0.39, 0.29) is 11.4 Å². The smallest absolute Gasteiger partial charge is 0.127 e. The molecule has 72 valence electrons. The molecule has 0 bridgehead atoms. The number of anilines is 2. The van der Waals surface area contributed by atoms with Crippen molar-refractivity contribution in [1.82, 2.24) is 0 Å². The summed E-state index contributed by atoms with van der Waals surface area (Å²) in [5, 5.41) is 3.14. The highest BCUT2D eigenvalue weighted by atomic mass is 19.1. The van der Waals surface area contributed by atoms with Crippen LogP contribution in [-0.4, -0.2) is 5.54 Å². The van der Waals surface area contributed by atoms with Crippen molar-refractivity contribution in [3.63, 3.8) is 0 Å². The lowest BCUT2D eigenvalue weighted by Gasteiger charge is -2.22. The predicted molar refractivity (Wildman–Crippen MR) is 54.2 cm³/mol. The van der Waals surface area contributed by atoms with Gasteiger partial charge in [-0.1, -0.05) is 0 Å².